The second-order valence-corrected chi connectivity index (χ2v) is 8.12. The lowest BCUT2D eigenvalue weighted by molar-refractivity contribution is -0.180. The van der Waals surface area contributed by atoms with Crippen molar-refractivity contribution in [2.45, 2.75) is 44.9 Å². The van der Waals surface area contributed by atoms with Crippen LogP contribution in [0.5, 0.6) is 0 Å². The molecule has 2 saturated heterocycles. The molecule has 2 aliphatic heterocycles. The van der Waals surface area contributed by atoms with Gasteiger partial charge in [-0.2, -0.15) is 0 Å². The minimum atomic E-state index is -0.459. The molecule has 0 bridgehead atoms. The number of nitrogens with zero attached hydrogens (tertiary/aromatic N) is 1. The Hall–Kier alpha value is -1.66. The Morgan fingerprint density at radius 3 is 2.69 bits per heavy atom. The van der Waals surface area contributed by atoms with Crippen molar-refractivity contribution in [3.05, 3.63) is 46.5 Å². The van der Waals surface area contributed by atoms with E-state index in [-0.39, 0.29) is 24.7 Å². The van der Waals surface area contributed by atoms with Gasteiger partial charge in [-0.15, -0.1) is 0 Å². The van der Waals surface area contributed by atoms with Crippen LogP contribution >= 0.6 is 15.9 Å². The van der Waals surface area contributed by atoms with E-state index >= 15 is 0 Å². The highest BCUT2D eigenvalue weighted by Gasteiger charge is 2.45. The monoisotopic (exact) mass is 421 g/mol. The fraction of sp³-hybridized carbons (Fsp3) is 0.500. The second kappa shape index (κ2) is 7.92. The van der Waals surface area contributed by atoms with Crippen LogP contribution in [0.1, 0.15) is 38.3 Å². The number of hydrogen-bond acceptors (Lipinski definition) is 5. The molecule has 0 spiro atoms. The molecule has 0 aliphatic carbocycles. The zero-order chi connectivity index (χ0) is 18.8. The maximum Gasteiger partial charge on any atom is 0.333 e. The van der Waals surface area contributed by atoms with Crippen molar-refractivity contribution in [1.29, 1.82) is 0 Å². The molecule has 2 fully saturated rings. The summed E-state index contributed by atoms with van der Waals surface area (Å²) in [5.74, 6) is -0.252. The summed E-state index contributed by atoms with van der Waals surface area (Å²) in [7, 11) is 0. The average Bonchev–Trinajstić information content (AvgIpc) is 2.60. The van der Waals surface area contributed by atoms with Gasteiger partial charge in [0.2, 0.25) is 0 Å². The largest absolute Gasteiger partial charge is 0.458 e. The van der Waals surface area contributed by atoms with Gasteiger partial charge in [-0.3, -0.25) is 9.69 Å². The lowest BCUT2D eigenvalue weighted by atomic mass is 9.82. The maximum absolute atomic E-state index is 12.5. The first-order valence-corrected chi connectivity index (χ1v) is 9.70. The Morgan fingerprint density at radius 2 is 2.04 bits per heavy atom. The molecule has 3 rings (SSSR count). The first-order chi connectivity index (χ1) is 12.4. The molecule has 1 aromatic rings. The van der Waals surface area contributed by atoms with E-state index in [0.29, 0.717) is 18.0 Å². The van der Waals surface area contributed by atoms with Crippen molar-refractivity contribution < 1.29 is 19.1 Å². The Labute approximate surface area is 162 Å². The molecular weight excluding hydrogens is 398 g/mol. The van der Waals surface area contributed by atoms with E-state index in [1.807, 2.05) is 12.1 Å². The SMILES string of the molecule is C=C(C)C(=O)OCC1CN2[C@@H](CC[C@@H](C)[C@@H]2c2ccc(Br)cc2)C(=O)O1. The standard InChI is InChI=1S/C20H24BrNO4/c1-12(2)19(23)25-11-16-10-22-17(20(24)26-16)9-4-13(3)18(22)14-5-7-15(21)8-6-14/h5-8,13,16-18H,1,4,9-11H2,2-3H3/t13-,16?,17+,18-/m1/s1. The van der Waals surface area contributed by atoms with Crippen LogP contribution in [0.3, 0.4) is 0 Å². The van der Waals surface area contributed by atoms with Crippen molar-refractivity contribution in [3.8, 4) is 0 Å². The number of benzene rings is 1. The molecule has 5 nitrogen and oxygen atoms in total. The third-order valence-electron chi connectivity index (χ3n) is 5.12. The Bertz CT molecular complexity index is 702. The van der Waals surface area contributed by atoms with Crippen LogP contribution in [0.15, 0.2) is 40.9 Å². The van der Waals surface area contributed by atoms with Crippen LogP contribution in [0.2, 0.25) is 0 Å². The summed E-state index contributed by atoms with van der Waals surface area (Å²) in [4.78, 5) is 26.4. The number of ether oxygens (including phenoxy) is 2. The minimum absolute atomic E-state index is 0.0576. The Kier molecular flexibility index (Phi) is 5.82. The van der Waals surface area contributed by atoms with E-state index in [2.05, 4.69) is 46.5 Å². The molecule has 2 heterocycles. The topological polar surface area (TPSA) is 55.8 Å². The molecule has 2 aliphatic rings. The highest BCUT2D eigenvalue weighted by Crippen LogP contribution is 2.41. The summed E-state index contributed by atoms with van der Waals surface area (Å²) in [5.41, 5.74) is 1.53. The van der Waals surface area contributed by atoms with Gasteiger partial charge < -0.3 is 9.47 Å². The van der Waals surface area contributed by atoms with Gasteiger partial charge in [0, 0.05) is 22.6 Å². The zero-order valence-electron chi connectivity index (χ0n) is 15.1. The van der Waals surface area contributed by atoms with Gasteiger partial charge in [0.15, 0.2) is 0 Å². The number of rotatable bonds is 4. The minimum Gasteiger partial charge on any atom is -0.458 e. The van der Waals surface area contributed by atoms with Gasteiger partial charge in [0.1, 0.15) is 18.8 Å². The number of morpholine rings is 1. The van der Waals surface area contributed by atoms with E-state index in [1.165, 1.54) is 5.56 Å². The van der Waals surface area contributed by atoms with Gasteiger partial charge in [0.05, 0.1) is 0 Å². The van der Waals surface area contributed by atoms with E-state index in [1.54, 1.807) is 6.92 Å². The van der Waals surface area contributed by atoms with Crippen molar-refractivity contribution in [2.24, 2.45) is 5.92 Å². The summed E-state index contributed by atoms with van der Waals surface area (Å²) < 4.78 is 11.8. The molecule has 6 heteroatoms. The summed E-state index contributed by atoms with van der Waals surface area (Å²) in [6, 6.07) is 8.18. The Balaban J connectivity index is 1.78. The number of hydrogen-bond donors (Lipinski definition) is 0. The van der Waals surface area contributed by atoms with Gasteiger partial charge >= 0.3 is 11.9 Å². The van der Waals surface area contributed by atoms with E-state index in [9.17, 15) is 9.59 Å². The number of piperidine rings is 1. The first-order valence-electron chi connectivity index (χ1n) is 8.91. The van der Waals surface area contributed by atoms with Crippen LogP contribution in [-0.2, 0) is 19.1 Å². The van der Waals surface area contributed by atoms with Gasteiger partial charge in [-0.05, 0) is 43.4 Å². The lowest BCUT2D eigenvalue weighted by Crippen LogP contribution is -2.58. The molecule has 1 aromatic carbocycles. The highest BCUT2D eigenvalue weighted by atomic mass is 79.9. The van der Waals surface area contributed by atoms with Crippen LogP contribution in [-0.4, -0.2) is 42.1 Å². The fourth-order valence-corrected chi connectivity index (χ4v) is 4.10. The van der Waals surface area contributed by atoms with E-state index in [0.717, 1.165) is 17.3 Å². The van der Waals surface area contributed by atoms with Crippen molar-refractivity contribution >= 4 is 27.9 Å². The third kappa shape index (κ3) is 4.01. The van der Waals surface area contributed by atoms with Crippen molar-refractivity contribution in [2.75, 3.05) is 13.2 Å². The molecule has 0 amide bonds. The second-order valence-electron chi connectivity index (χ2n) is 7.20. The normalized spacial score (nSPS) is 28.8. The first kappa shape index (κ1) is 19.1. The molecule has 0 N–H and O–H groups in total. The van der Waals surface area contributed by atoms with Crippen LogP contribution in [0.4, 0.5) is 0 Å². The number of cyclic esters (lactones) is 1. The predicted octanol–water partition coefficient (Wildman–Crippen LogP) is 3.64. The number of carbonyl (C=O) groups excluding carboxylic acids is 2. The zero-order valence-corrected chi connectivity index (χ0v) is 16.7. The fourth-order valence-electron chi connectivity index (χ4n) is 3.83. The van der Waals surface area contributed by atoms with Crippen LogP contribution in [0.25, 0.3) is 0 Å². The Morgan fingerprint density at radius 1 is 1.35 bits per heavy atom. The molecular formula is C20H24BrNO4. The number of esters is 2. The summed E-state index contributed by atoms with van der Waals surface area (Å²) >= 11 is 3.48. The van der Waals surface area contributed by atoms with E-state index in [4.69, 9.17) is 9.47 Å². The quantitative estimate of drug-likeness (QED) is 0.548. The molecule has 1 unspecified atom stereocenters. The summed E-state index contributed by atoms with van der Waals surface area (Å²) in [6.45, 7) is 8.01. The van der Waals surface area contributed by atoms with Gasteiger partial charge in [0.25, 0.3) is 0 Å². The lowest BCUT2D eigenvalue weighted by Gasteiger charge is -2.48. The van der Waals surface area contributed by atoms with Gasteiger partial charge in [-0.1, -0.05) is 41.6 Å². The van der Waals surface area contributed by atoms with Crippen LogP contribution in [0, 0.1) is 5.92 Å². The van der Waals surface area contributed by atoms with E-state index < -0.39 is 12.1 Å². The summed E-state index contributed by atoms with van der Waals surface area (Å²) in [6.07, 6.45) is 1.32. The molecule has 0 saturated carbocycles. The average molecular weight is 422 g/mol. The molecule has 26 heavy (non-hydrogen) atoms. The number of fused-ring (bicyclic) bond motifs is 1. The van der Waals surface area contributed by atoms with Gasteiger partial charge in [-0.25, -0.2) is 4.79 Å². The molecule has 0 radical (unpaired) electrons. The van der Waals surface area contributed by atoms with Crippen molar-refractivity contribution in [1.82, 2.24) is 4.90 Å². The smallest absolute Gasteiger partial charge is 0.333 e. The number of halogens is 1. The maximum atomic E-state index is 12.5. The summed E-state index contributed by atoms with van der Waals surface area (Å²) in [5, 5.41) is 0. The molecule has 0 aromatic heterocycles. The van der Waals surface area contributed by atoms with Crippen LogP contribution < -0.4 is 0 Å². The highest BCUT2D eigenvalue weighted by molar-refractivity contribution is 9.10. The number of carbonyl (C=O) groups is 2. The molecule has 140 valence electrons. The predicted molar refractivity (Wildman–Crippen MR) is 101 cm³/mol. The molecule has 4 atom stereocenters. The third-order valence-corrected chi connectivity index (χ3v) is 5.65. The van der Waals surface area contributed by atoms with Crippen molar-refractivity contribution in [3.63, 3.8) is 0 Å².